The summed E-state index contributed by atoms with van der Waals surface area (Å²) in [5.74, 6) is 0. The van der Waals surface area contributed by atoms with E-state index in [-0.39, 0.29) is 0 Å². The van der Waals surface area contributed by atoms with Gasteiger partial charge in [-0.2, -0.15) is 0 Å². The molecule has 0 fully saturated rings. The van der Waals surface area contributed by atoms with E-state index in [2.05, 4.69) is 57.3 Å². The van der Waals surface area contributed by atoms with Gasteiger partial charge in [0, 0.05) is 6.54 Å². The highest BCUT2D eigenvalue weighted by molar-refractivity contribution is 5.23. The lowest BCUT2D eigenvalue weighted by Crippen LogP contribution is -2.31. The maximum Gasteiger partial charge on any atom is 0.000559 e. The molecule has 0 aliphatic rings. The Morgan fingerprint density at radius 1 is 1.27 bits per heavy atom. The number of aryl methyl sites for hydroxylation is 1. The van der Waals surface area contributed by atoms with Gasteiger partial charge in [-0.3, -0.25) is 0 Å². The monoisotopic (exact) mass is 205 g/mol. The highest BCUT2D eigenvalue weighted by Gasteiger charge is 2.17. The summed E-state index contributed by atoms with van der Waals surface area (Å²) >= 11 is 0. The first kappa shape index (κ1) is 12.3. The summed E-state index contributed by atoms with van der Waals surface area (Å²) in [5, 5.41) is 3.42. The predicted octanol–water partition coefficient (Wildman–Crippen LogP) is 3.17. The average Bonchev–Trinajstić information content (AvgIpc) is 2.14. The Kier molecular flexibility index (Phi) is 4.34. The number of nitrogens with one attached hydrogen (secondary N) is 1. The highest BCUT2D eigenvalue weighted by atomic mass is 14.9. The van der Waals surface area contributed by atoms with Crippen LogP contribution in [0.15, 0.2) is 24.3 Å². The molecular weight excluding hydrogens is 182 g/mol. The van der Waals surface area contributed by atoms with Crippen molar-refractivity contribution in [3.63, 3.8) is 0 Å². The SMILES string of the molecule is CCNCC(C)(C)Cc1cccc(C)c1. The van der Waals surface area contributed by atoms with Crippen LogP contribution in [0.5, 0.6) is 0 Å². The van der Waals surface area contributed by atoms with E-state index in [4.69, 9.17) is 0 Å². The van der Waals surface area contributed by atoms with Crippen molar-refractivity contribution in [2.24, 2.45) is 5.41 Å². The van der Waals surface area contributed by atoms with Crippen LogP contribution in [-0.2, 0) is 6.42 Å². The maximum atomic E-state index is 3.42. The van der Waals surface area contributed by atoms with Crippen LogP contribution >= 0.6 is 0 Å². The van der Waals surface area contributed by atoms with Gasteiger partial charge in [-0.05, 0) is 30.9 Å². The van der Waals surface area contributed by atoms with Gasteiger partial charge in [0.2, 0.25) is 0 Å². The van der Waals surface area contributed by atoms with E-state index in [1.54, 1.807) is 0 Å². The molecule has 0 spiro atoms. The van der Waals surface area contributed by atoms with Crippen molar-refractivity contribution in [2.45, 2.75) is 34.1 Å². The van der Waals surface area contributed by atoms with Gasteiger partial charge >= 0.3 is 0 Å². The summed E-state index contributed by atoms with van der Waals surface area (Å²) in [6.07, 6.45) is 1.14. The third-order valence-electron chi connectivity index (χ3n) is 2.62. The van der Waals surface area contributed by atoms with Crippen molar-refractivity contribution >= 4 is 0 Å². The van der Waals surface area contributed by atoms with E-state index in [1.165, 1.54) is 11.1 Å². The largest absolute Gasteiger partial charge is 0.316 e. The first-order valence-corrected chi connectivity index (χ1v) is 5.80. The van der Waals surface area contributed by atoms with E-state index >= 15 is 0 Å². The Morgan fingerprint density at radius 2 is 2.00 bits per heavy atom. The molecule has 84 valence electrons. The minimum absolute atomic E-state index is 0.337. The van der Waals surface area contributed by atoms with Gasteiger partial charge in [0.15, 0.2) is 0 Å². The third-order valence-corrected chi connectivity index (χ3v) is 2.62. The first-order valence-electron chi connectivity index (χ1n) is 5.80. The molecule has 0 heterocycles. The Morgan fingerprint density at radius 3 is 2.60 bits per heavy atom. The van der Waals surface area contributed by atoms with Crippen molar-refractivity contribution in [1.29, 1.82) is 0 Å². The van der Waals surface area contributed by atoms with Crippen LogP contribution < -0.4 is 5.32 Å². The number of hydrogen-bond acceptors (Lipinski definition) is 1. The standard InChI is InChI=1S/C14H23N/c1-5-15-11-14(3,4)10-13-8-6-7-12(2)9-13/h6-9,15H,5,10-11H2,1-4H3. The molecule has 0 radical (unpaired) electrons. The molecular formula is C14H23N. The normalized spacial score (nSPS) is 11.7. The molecule has 15 heavy (non-hydrogen) atoms. The highest BCUT2D eigenvalue weighted by Crippen LogP contribution is 2.21. The molecule has 0 saturated heterocycles. The minimum Gasteiger partial charge on any atom is -0.316 e. The Labute approximate surface area is 93.9 Å². The van der Waals surface area contributed by atoms with Gasteiger partial charge in [-0.15, -0.1) is 0 Å². The molecule has 1 nitrogen and oxygen atoms in total. The van der Waals surface area contributed by atoms with E-state index in [0.717, 1.165) is 19.5 Å². The van der Waals surface area contributed by atoms with Crippen LogP contribution in [0.25, 0.3) is 0 Å². The lowest BCUT2D eigenvalue weighted by molar-refractivity contribution is 0.342. The summed E-state index contributed by atoms with van der Waals surface area (Å²) < 4.78 is 0. The molecule has 0 atom stereocenters. The second-order valence-electron chi connectivity index (χ2n) is 5.11. The molecule has 1 heteroatoms. The second kappa shape index (κ2) is 5.32. The molecule has 0 aliphatic carbocycles. The molecule has 0 bridgehead atoms. The number of benzene rings is 1. The average molecular weight is 205 g/mol. The molecule has 0 unspecified atom stereocenters. The molecule has 0 aromatic heterocycles. The zero-order chi connectivity index (χ0) is 11.3. The smallest absolute Gasteiger partial charge is 0.000559 e. The summed E-state index contributed by atoms with van der Waals surface area (Å²) in [6.45, 7) is 11.1. The van der Waals surface area contributed by atoms with Crippen molar-refractivity contribution in [3.05, 3.63) is 35.4 Å². The van der Waals surface area contributed by atoms with E-state index in [1.807, 2.05) is 0 Å². The van der Waals surface area contributed by atoms with E-state index < -0.39 is 0 Å². The molecule has 0 amide bonds. The van der Waals surface area contributed by atoms with Crippen LogP contribution in [0.4, 0.5) is 0 Å². The van der Waals surface area contributed by atoms with Gasteiger partial charge in [0.05, 0.1) is 0 Å². The van der Waals surface area contributed by atoms with Crippen molar-refractivity contribution in [2.75, 3.05) is 13.1 Å². The molecule has 0 aliphatic heterocycles. The predicted molar refractivity (Wildman–Crippen MR) is 67.2 cm³/mol. The van der Waals surface area contributed by atoms with Crippen molar-refractivity contribution < 1.29 is 0 Å². The van der Waals surface area contributed by atoms with Crippen LogP contribution in [-0.4, -0.2) is 13.1 Å². The zero-order valence-corrected chi connectivity index (χ0v) is 10.4. The van der Waals surface area contributed by atoms with Gasteiger partial charge < -0.3 is 5.32 Å². The van der Waals surface area contributed by atoms with Crippen molar-refractivity contribution in [3.8, 4) is 0 Å². The van der Waals surface area contributed by atoms with Crippen LogP contribution in [0.2, 0.25) is 0 Å². The summed E-state index contributed by atoms with van der Waals surface area (Å²) in [7, 11) is 0. The summed E-state index contributed by atoms with van der Waals surface area (Å²) in [5.41, 5.74) is 3.13. The Balaban J connectivity index is 2.60. The van der Waals surface area contributed by atoms with Gasteiger partial charge in [-0.25, -0.2) is 0 Å². The fourth-order valence-electron chi connectivity index (χ4n) is 1.90. The Bertz CT molecular complexity index is 302. The lowest BCUT2D eigenvalue weighted by atomic mass is 9.85. The summed E-state index contributed by atoms with van der Waals surface area (Å²) in [4.78, 5) is 0. The van der Waals surface area contributed by atoms with Crippen LogP contribution in [0.1, 0.15) is 31.9 Å². The molecule has 1 N–H and O–H groups in total. The quantitative estimate of drug-likeness (QED) is 0.778. The third kappa shape index (κ3) is 4.48. The van der Waals surface area contributed by atoms with E-state index in [0.29, 0.717) is 5.41 Å². The fraction of sp³-hybridized carbons (Fsp3) is 0.571. The van der Waals surface area contributed by atoms with Gasteiger partial charge in [0.1, 0.15) is 0 Å². The lowest BCUT2D eigenvalue weighted by Gasteiger charge is -2.25. The van der Waals surface area contributed by atoms with Gasteiger partial charge in [-0.1, -0.05) is 50.6 Å². The molecule has 1 aromatic carbocycles. The van der Waals surface area contributed by atoms with Crippen LogP contribution in [0, 0.1) is 12.3 Å². The first-order chi connectivity index (χ1) is 7.03. The fourth-order valence-corrected chi connectivity index (χ4v) is 1.90. The molecule has 1 rings (SSSR count). The topological polar surface area (TPSA) is 12.0 Å². The summed E-state index contributed by atoms with van der Waals surface area (Å²) in [6, 6.07) is 8.81. The molecule has 1 aromatic rings. The minimum atomic E-state index is 0.337. The van der Waals surface area contributed by atoms with Gasteiger partial charge in [0.25, 0.3) is 0 Å². The van der Waals surface area contributed by atoms with E-state index in [9.17, 15) is 0 Å². The zero-order valence-electron chi connectivity index (χ0n) is 10.4. The second-order valence-corrected chi connectivity index (χ2v) is 5.11. The number of rotatable bonds is 5. The van der Waals surface area contributed by atoms with Crippen molar-refractivity contribution in [1.82, 2.24) is 5.32 Å². The maximum absolute atomic E-state index is 3.42. The van der Waals surface area contributed by atoms with Crippen LogP contribution in [0.3, 0.4) is 0 Å². The Hall–Kier alpha value is -0.820. The molecule has 0 saturated carbocycles. The number of hydrogen-bond donors (Lipinski definition) is 1.